The molecule has 0 spiro atoms. The fraction of sp³-hybridized carbons (Fsp3) is 0.471. The van der Waals surface area contributed by atoms with Gasteiger partial charge in [-0.1, -0.05) is 30.3 Å². The number of thioether (sulfide) groups is 1. The number of aliphatic carboxylic acids is 1. The van der Waals surface area contributed by atoms with Crippen LogP contribution < -0.4 is 0 Å². The molecule has 3 rings (SSSR count). The van der Waals surface area contributed by atoms with Crippen molar-refractivity contribution >= 4 is 29.5 Å². The molecule has 1 aromatic rings. The van der Waals surface area contributed by atoms with Crippen molar-refractivity contribution in [2.24, 2.45) is 0 Å². The number of hydrogen-bond acceptors (Lipinski definition) is 4. The molecule has 2 aliphatic heterocycles. The van der Waals surface area contributed by atoms with Crippen molar-refractivity contribution in [3.8, 4) is 0 Å². The Balaban J connectivity index is 1.61. The fourth-order valence-corrected chi connectivity index (χ4v) is 4.45. The van der Waals surface area contributed by atoms with Crippen molar-refractivity contribution in [1.82, 2.24) is 9.80 Å². The summed E-state index contributed by atoms with van der Waals surface area (Å²) in [6.45, 7) is 0.411. The van der Waals surface area contributed by atoms with Crippen LogP contribution in [-0.2, 0) is 20.8 Å². The zero-order chi connectivity index (χ0) is 17.1. The molecule has 2 amide bonds. The molecule has 2 unspecified atom stereocenters. The zero-order valence-electron chi connectivity index (χ0n) is 13.3. The molecule has 0 saturated carbocycles. The Hall–Kier alpha value is -2.02. The van der Waals surface area contributed by atoms with Crippen LogP contribution in [0.2, 0.25) is 0 Å². The van der Waals surface area contributed by atoms with Gasteiger partial charge >= 0.3 is 5.97 Å². The van der Waals surface area contributed by atoms with Gasteiger partial charge in [0.1, 0.15) is 6.04 Å². The maximum atomic E-state index is 12.4. The smallest absolute Gasteiger partial charge is 0.327 e. The molecular formula is C17H20N2O4S. The quantitative estimate of drug-likeness (QED) is 0.873. The van der Waals surface area contributed by atoms with E-state index in [1.807, 2.05) is 30.3 Å². The molecule has 128 valence electrons. The van der Waals surface area contributed by atoms with E-state index in [4.69, 9.17) is 0 Å². The number of nitrogens with zero attached hydrogens (tertiary/aromatic N) is 2. The monoisotopic (exact) mass is 348 g/mol. The second-order valence-corrected chi connectivity index (χ2v) is 7.18. The van der Waals surface area contributed by atoms with Crippen LogP contribution >= 0.6 is 11.8 Å². The number of aryl methyl sites for hydroxylation is 1. The third-order valence-electron chi connectivity index (χ3n) is 4.47. The average molecular weight is 348 g/mol. The molecule has 6 nitrogen and oxygen atoms in total. The number of benzene rings is 1. The van der Waals surface area contributed by atoms with Gasteiger partial charge in [-0.05, 0) is 12.0 Å². The van der Waals surface area contributed by atoms with Gasteiger partial charge in [-0.15, -0.1) is 0 Å². The van der Waals surface area contributed by atoms with Crippen molar-refractivity contribution in [3.63, 3.8) is 0 Å². The number of fused-ring (bicyclic) bond motifs is 1. The molecule has 2 aliphatic rings. The van der Waals surface area contributed by atoms with Crippen molar-refractivity contribution in [1.29, 1.82) is 0 Å². The Labute approximate surface area is 144 Å². The van der Waals surface area contributed by atoms with Gasteiger partial charge in [-0.2, -0.15) is 11.8 Å². The number of carbonyl (C=O) groups is 3. The van der Waals surface area contributed by atoms with Crippen LogP contribution in [0.25, 0.3) is 0 Å². The summed E-state index contributed by atoms with van der Waals surface area (Å²) in [5.74, 6) is -0.178. The van der Waals surface area contributed by atoms with E-state index < -0.39 is 12.0 Å². The summed E-state index contributed by atoms with van der Waals surface area (Å²) in [7, 11) is 0. The van der Waals surface area contributed by atoms with E-state index in [2.05, 4.69) is 0 Å². The lowest BCUT2D eigenvalue weighted by Crippen LogP contribution is -2.65. The second-order valence-electron chi connectivity index (χ2n) is 6.11. The first-order chi connectivity index (χ1) is 11.6. The Bertz CT molecular complexity index is 637. The largest absolute Gasteiger partial charge is 0.480 e. The van der Waals surface area contributed by atoms with Crippen molar-refractivity contribution in [2.75, 3.05) is 24.6 Å². The van der Waals surface area contributed by atoms with Crippen LogP contribution in [-0.4, -0.2) is 69.4 Å². The number of amides is 2. The van der Waals surface area contributed by atoms with E-state index in [1.54, 1.807) is 4.90 Å². The molecule has 7 heteroatoms. The number of carbonyl (C=O) groups excluding carboxylic acids is 2. The summed E-state index contributed by atoms with van der Waals surface area (Å²) >= 11 is 1.53. The molecular weight excluding hydrogens is 328 g/mol. The zero-order valence-corrected chi connectivity index (χ0v) is 14.1. The Morgan fingerprint density at radius 3 is 2.67 bits per heavy atom. The van der Waals surface area contributed by atoms with E-state index in [-0.39, 0.29) is 24.4 Å². The number of carboxylic acid groups (broad SMARTS) is 1. The molecule has 1 aromatic carbocycles. The fourth-order valence-electron chi connectivity index (χ4n) is 3.25. The highest BCUT2D eigenvalue weighted by atomic mass is 32.2. The summed E-state index contributed by atoms with van der Waals surface area (Å²) < 4.78 is 0. The molecule has 24 heavy (non-hydrogen) atoms. The van der Waals surface area contributed by atoms with Crippen LogP contribution in [0.5, 0.6) is 0 Å². The Morgan fingerprint density at radius 2 is 1.96 bits per heavy atom. The van der Waals surface area contributed by atoms with Gasteiger partial charge in [0.2, 0.25) is 11.8 Å². The van der Waals surface area contributed by atoms with E-state index in [0.29, 0.717) is 30.9 Å². The molecule has 2 fully saturated rings. The average Bonchev–Trinajstić information content (AvgIpc) is 2.59. The van der Waals surface area contributed by atoms with Gasteiger partial charge in [-0.3, -0.25) is 9.59 Å². The first-order valence-corrected chi connectivity index (χ1v) is 9.15. The summed E-state index contributed by atoms with van der Waals surface area (Å²) in [6, 6.07) is 8.79. The van der Waals surface area contributed by atoms with Gasteiger partial charge in [0.25, 0.3) is 0 Å². The Kier molecular flexibility index (Phi) is 5.08. The predicted molar refractivity (Wildman–Crippen MR) is 90.7 cm³/mol. The standard InChI is InChI=1S/C17H20N2O4S/c20-15(7-6-12-4-2-1-3-5-12)18-8-13-10-24-11-14(17(22)23)19(13)16(21)9-18/h1-5,13-14H,6-11H2,(H,22,23). The van der Waals surface area contributed by atoms with Gasteiger partial charge in [-0.25, -0.2) is 4.79 Å². The van der Waals surface area contributed by atoms with Gasteiger partial charge in [0.15, 0.2) is 0 Å². The van der Waals surface area contributed by atoms with Crippen molar-refractivity contribution < 1.29 is 19.5 Å². The van der Waals surface area contributed by atoms with Crippen LogP contribution in [0.1, 0.15) is 12.0 Å². The van der Waals surface area contributed by atoms with Crippen LogP contribution in [0, 0.1) is 0 Å². The maximum Gasteiger partial charge on any atom is 0.327 e. The van der Waals surface area contributed by atoms with Crippen LogP contribution in [0.3, 0.4) is 0 Å². The molecule has 1 N–H and O–H groups in total. The molecule has 2 heterocycles. The molecule has 2 saturated heterocycles. The topological polar surface area (TPSA) is 77.9 Å². The Morgan fingerprint density at radius 1 is 1.21 bits per heavy atom. The third-order valence-corrected chi connectivity index (χ3v) is 5.64. The molecule has 0 aromatic heterocycles. The molecule has 2 atom stereocenters. The lowest BCUT2D eigenvalue weighted by atomic mass is 10.1. The summed E-state index contributed by atoms with van der Waals surface area (Å²) in [4.78, 5) is 39.2. The highest BCUT2D eigenvalue weighted by molar-refractivity contribution is 7.99. The minimum Gasteiger partial charge on any atom is -0.480 e. The first kappa shape index (κ1) is 16.8. The second kappa shape index (κ2) is 7.25. The highest BCUT2D eigenvalue weighted by Crippen LogP contribution is 2.26. The lowest BCUT2D eigenvalue weighted by molar-refractivity contribution is -0.158. The minimum atomic E-state index is -0.968. The summed E-state index contributed by atoms with van der Waals surface area (Å²) in [6.07, 6.45) is 1.00. The molecule has 0 aliphatic carbocycles. The van der Waals surface area contributed by atoms with Crippen molar-refractivity contribution in [2.45, 2.75) is 24.9 Å². The maximum absolute atomic E-state index is 12.4. The lowest BCUT2D eigenvalue weighted by Gasteiger charge is -2.46. The predicted octanol–water partition coefficient (Wildman–Crippen LogP) is 0.859. The number of carboxylic acids is 1. The third kappa shape index (κ3) is 3.56. The number of hydrogen-bond donors (Lipinski definition) is 1. The summed E-state index contributed by atoms with van der Waals surface area (Å²) in [5.41, 5.74) is 1.09. The van der Waals surface area contributed by atoms with Gasteiger partial charge in [0, 0.05) is 24.5 Å². The number of piperazine rings is 1. The van der Waals surface area contributed by atoms with Crippen molar-refractivity contribution in [3.05, 3.63) is 35.9 Å². The van der Waals surface area contributed by atoms with E-state index >= 15 is 0 Å². The summed E-state index contributed by atoms with van der Waals surface area (Å²) in [5, 5.41) is 9.29. The van der Waals surface area contributed by atoms with Crippen LogP contribution in [0.15, 0.2) is 30.3 Å². The number of rotatable bonds is 4. The first-order valence-electron chi connectivity index (χ1n) is 7.99. The van der Waals surface area contributed by atoms with Crippen LogP contribution in [0.4, 0.5) is 0 Å². The minimum absolute atomic E-state index is 0.0153. The van der Waals surface area contributed by atoms with E-state index in [0.717, 1.165) is 5.56 Å². The molecule has 0 radical (unpaired) electrons. The normalized spacial score (nSPS) is 23.8. The van der Waals surface area contributed by atoms with E-state index in [1.165, 1.54) is 16.7 Å². The van der Waals surface area contributed by atoms with E-state index in [9.17, 15) is 19.5 Å². The SMILES string of the molecule is O=C(O)C1CSCC2CN(C(=O)CCc3ccccc3)CC(=O)N21. The van der Waals surface area contributed by atoms with Gasteiger partial charge < -0.3 is 14.9 Å². The van der Waals surface area contributed by atoms with Gasteiger partial charge in [0.05, 0.1) is 12.6 Å². The molecule has 0 bridgehead atoms. The highest BCUT2D eigenvalue weighted by Gasteiger charge is 2.43.